The molecule has 148 valence electrons. The lowest BCUT2D eigenvalue weighted by atomic mass is 10.1. The van der Waals surface area contributed by atoms with Crippen molar-refractivity contribution in [2.24, 2.45) is 0 Å². The molecule has 0 radical (unpaired) electrons. The zero-order valence-corrected chi connectivity index (χ0v) is 17.3. The Kier molecular flexibility index (Phi) is 6.21. The van der Waals surface area contributed by atoms with Crippen LogP contribution in [0.1, 0.15) is 27.5 Å². The first-order valence-electron chi connectivity index (χ1n) is 9.35. The molecule has 0 atom stereocenters. The van der Waals surface area contributed by atoms with Crippen molar-refractivity contribution < 1.29 is 9.59 Å². The predicted molar refractivity (Wildman–Crippen MR) is 115 cm³/mol. The molecule has 1 aromatic carbocycles. The van der Waals surface area contributed by atoms with E-state index >= 15 is 0 Å². The number of nitrogens with one attached hydrogen (secondary N) is 1. The van der Waals surface area contributed by atoms with Crippen LogP contribution in [0, 0.1) is 0 Å². The van der Waals surface area contributed by atoms with Crippen LogP contribution < -0.4 is 5.32 Å². The van der Waals surface area contributed by atoms with Crippen LogP contribution in [0.3, 0.4) is 0 Å². The van der Waals surface area contributed by atoms with Crippen LogP contribution in [0.25, 0.3) is 0 Å². The number of thiazole rings is 1. The fraction of sp³-hybridized carbons (Fsp3) is 0.238. The van der Waals surface area contributed by atoms with Gasteiger partial charge in [0.2, 0.25) is 5.91 Å². The summed E-state index contributed by atoms with van der Waals surface area (Å²) < 4.78 is 0. The van der Waals surface area contributed by atoms with E-state index < -0.39 is 0 Å². The van der Waals surface area contributed by atoms with E-state index in [1.807, 2.05) is 23.1 Å². The van der Waals surface area contributed by atoms with Crippen molar-refractivity contribution >= 4 is 40.0 Å². The fourth-order valence-corrected chi connectivity index (χ4v) is 4.93. The Morgan fingerprint density at radius 2 is 1.97 bits per heavy atom. The first kappa shape index (κ1) is 19.6. The van der Waals surface area contributed by atoms with Crippen LogP contribution in [0.5, 0.6) is 0 Å². The maximum Gasteiger partial charge on any atom is 0.276 e. The molecule has 1 aliphatic heterocycles. The fourth-order valence-electron chi connectivity index (χ4n) is 3.05. The molecule has 0 spiro atoms. The van der Waals surface area contributed by atoms with Crippen LogP contribution in [0.15, 0.2) is 59.6 Å². The number of thioether (sulfide) groups is 1. The molecule has 2 aromatic heterocycles. The van der Waals surface area contributed by atoms with Crippen molar-refractivity contribution in [1.29, 1.82) is 0 Å². The Bertz CT molecular complexity index is 992. The zero-order valence-electron chi connectivity index (χ0n) is 15.7. The van der Waals surface area contributed by atoms with E-state index in [-0.39, 0.29) is 11.8 Å². The minimum absolute atomic E-state index is 0.159. The van der Waals surface area contributed by atoms with Gasteiger partial charge in [-0.25, -0.2) is 4.98 Å². The van der Waals surface area contributed by atoms with Gasteiger partial charge in [-0.05, 0) is 24.3 Å². The lowest BCUT2D eigenvalue weighted by Crippen LogP contribution is -2.35. The van der Waals surface area contributed by atoms with Gasteiger partial charge in [-0.1, -0.05) is 35.6 Å². The molecule has 0 saturated carbocycles. The number of fused-ring (bicyclic) bond motifs is 1. The quantitative estimate of drug-likeness (QED) is 0.608. The molecule has 0 saturated heterocycles. The van der Waals surface area contributed by atoms with E-state index in [0.29, 0.717) is 36.8 Å². The number of rotatable bonds is 6. The maximum atomic E-state index is 12.6. The number of amides is 2. The molecule has 1 N–H and O–H groups in total. The molecule has 0 aliphatic carbocycles. The molecular formula is C21H20N4O2S2. The molecule has 1 aliphatic rings. The van der Waals surface area contributed by atoms with E-state index in [2.05, 4.69) is 27.4 Å². The third kappa shape index (κ3) is 5.02. The highest BCUT2D eigenvalue weighted by atomic mass is 32.2. The largest absolute Gasteiger partial charge is 0.337 e. The standard InChI is InChI=1S/C21H20N4O2S2/c26-19(10-13-28-15-6-2-1-3-7-15)25-12-9-16-18(14-25)29-21(23-16)24-20(27)17-8-4-5-11-22-17/h1-8,11H,9-10,12-14H2,(H,23,24,27). The van der Waals surface area contributed by atoms with Gasteiger partial charge in [-0.3, -0.25) is 19.9 Å². The van der Waals surface area contributed by atoms with Crippen molar-refractivity contribution in [2.45, 2.75) is 24.3 Å². The third-order valence-corrected chi connectivity index (χ3v) is 6.54. The van der Waals surface area contributed by atoms with Crippen molar-refractivity contribution in [1.82, 2.24) is 14.9 Å². The Morgan fingerprint density at radius 1 is 1.14 bits per heavy atom. The number of hydrogen-bond acceptors (Lipinski definition) is 6. The van der Waals surface area contributed by atoms with Gasteiger partial charge in [-0.15, -0.1) is 11.8 Å². The molecule has 8 heteroatoms. The molecule has 0 bridgehead atoms. The van der Waals surface area contributed by atoms with Crippen LogP contribution >= 0.6 is 23.1 Å². The smallest absolute Gasteiger partial charge is 0.276 e. The predicted octanol–water partition coefficient (Wildman–Crippen LogP) is 3.86. The summed E-state index contributed by atoms with van der Waals surface area (Å²) in [6.45, 7) is 1.22. The van der Waals surface area contributed by atoms with Gasteiger partial charge in [0.05, 0.1) is 12.2 Å². The van der Waals surface area contributed by atoms with Crippen molar-refractivity contribution in [3.8, 4) is 0 Å². The number of nitrogens with zero attached hydrogens (tertiary/aromatic N) is 3. The highest BCUT2D eigenvalue weighted by Crippen LogP contribution is 2.29. The Labute approximate surface area is 177 Å². The van der Waals surface area contributed by atoms with Gasteiger partial charge in [0.15, 0.2) is 5.13 Å². The summed E-state index contributed by atoms with van der Waals surface area (Å²) in [5, 5.41) is 3.37. The summed E-state index contributed by atoms with van der Waals surface area (Å²) in [6, 6.07) is 15.3. The number of carbonyl (C=O) groups excluding carboxylic acids is 2. The lowest BCUT2D eigenvalue weighted by molar-refractivity contribution is -0.131. The third-order valence-electron chi connectivity index (χ3n) is 4.53. The van der Waals surface area contributed by atoms with Gasteiger partial charge in [0.1, 0.15) is 5.69 Å². The summed E-state index contributed by atoms with van der Waals surface area (Å²) in [6.07, 6.45) is 2.81. The van der Waals surface area contributed by atoms with E-state index in [1.54, 1.807) is 36.2 Å². The molecule has 6 nitrogen and oxygen atoms in total. The van der Waals surface area contributed by atoms with Gasteiger partial charge in [0, 0.05) is 41.1 Å². The minimum atomic E-state index is -0.275. The lowest BCUT2D eigenvalue weighted by Gasteiger charge is -2.26. The molecule has 2 amide bonds. The van der Waals surface area contributed by atoms with Crippen molar-refractivity contribution in [2.75, 3.05) is 17.6 Å². The normalized spacial score (nSPS) is 13.0. The van der Waals surface area contributed by atoms with Gasteiger partial charge in [-0.2, -0.15) is 0 Å². The summed E-state index contributed by atoms with van der Waals surface area (Å²) >= 11 is 3.13. The highest BCUT2D eigenvalue weighted by molar-refractivity contribution is 7.99. The van der Waals surface area contributed by atoms with Crippen molar-refractivity contribution in [3.05, 3.63) is 71.0 Å². The summed E-state index contributed by atoms with van der Waals surface area (Å²) in [5.74, 6) is 0.648. The Morgan fingerprint density at radius 3 is 2.76 bits per heavy atom. The van der Waals surface area contributed by atoms with Crippen LogP contribution in [-0.4, -0.2) is 39.0 Å². The maximum absolute atomic E-state index is 12.6. The first-order chi connectivity index (χ1) is 14.2. The number of pyridine rings is 1. The number of aromatic nitrogens is 2. The first-order valence-corrected chi connectivity index (χ1v) is 11.2. The number of benzene rings is 1. The monoisotopic (exact) mass is 424 g/mol. The number of carbonyl (C=O) groups is 2. The van der Waals surface area contributed by atoms with Gasteiger partial charge >= 0.3 is 0 Å². The van der Waals surface area contributed by atoms with Crippen LogP contribution in [0.2, 0.25) is 0 Å². The minimum Gasteiger partial charge on any atom is -0.337 e. The van der Waals surface area contributed by atoms with Gasteiger partial charge in [0.25, 0.3) is 5.91 Å². The molecule has 29 heavy (non-hydrogen) atoms. The Hall–Kier alpha value is -2.71. The number of hydrogen-bond donors (Lipinski definition) is 1. The van der Waals surface area contributed by atoms with E-state index in [4.69, 9.17) is 0 Å². The van der Waals surface area contributed by atoms with E-state index in [0.717, 1.165) is 16.3 Å². The molecule has 4 rings (SSSR count). The highest BCUT2D eigenvalue weighted by Gasteiger charge is 2.24. The summed E-state index contributed by atoms with van der Waals surface area (Å²) in [4.78, 5) is 37.5. The SMILES string of the molecule is O=C(Nc1nc2c(s1)CN(C(=O)CCSc1ccccc1)CC2)c1ccccn1. The number of anilines is 1. The molecule has 3 aromatic rings. The van der Waals surface area contributed by atoms with E-state index in [1.165, 1.54) is 16.2 Å². The zero-order chi connectivity index (χ0) is 20.1. The second kappa shape index (κ2) is 9.19. The van der Waals surface area contributed by atoms with Crippen LogP contribution in [0.4, 0.5) is 5.13 Å². The Balaban J connectivity index is 1.31. The molecule has 0 fully saturated rings. The topological polar surface area (TPSA) is 75.2 Å². The van der Waals surface area contributed by atoms with Crippen molar-refractivity contribution in [3.63, 3.8) is 0 Å². The average molecular weight is 425 g/mol. The van der Waals surface area contributed by atoms with Crippen LogP contribution in [-0.2, 0) is 17.8 Å². The van der Waals surface area contributed by atoms with Gasteiger partial charge < -0.3 is 4.90 Å². The summed E-state index contributed by atoms with van der Waals surface area (Å²) in [5.41, 5.74) is 1.32. The second-order valence-corrected chi connectivity index (χ2v) is 8.79. The molecular weight excluding hydrogens is 404 g/mol. The summed E-state index contributed by atoms with van der Waals surface area (Å²) in [7, 11) is 0. The second-order valence-electron chi connectivity index (χ2n) is 6.53. The van der Waals surface area contributed by atoms with E-state index in [9.17, 15) is 9.59 Å². The molecule has 3 heterocycles. The molecule has 0 unspecified atom stereocenters. The average Bonchev–Trinajstić information content (AvgIpc) is 3.16.